The first kappa shape index (κ1) is 22.8. The van der Waals surface area contributed by atoms with E-state index in [4.69, 9.17) is 9.90 Å². The van der Waals surface area contributed by atoms with E-state index in [-0.39, 0.29) is 70.2 Å². The molecule has 0 radical (unpaired) electrons. The Bertz CT molecular complexity index is 382. The summed E-state index contributed by atoms with van der Waals surface area (Å²) in [6, 6.07) is 5.14. The maximum Gasteiger partial charge on any atom is 1.00 e. The third-order valence-electron chi connectivity index (χ3n) is 1.37. The number of carbonyl (C=O) groups excluding carboxylic acids is 2. The fraction of sp³-hybridized carbons (Fsp3) is 0.100. The molecule has 86 valence electrons. The van der Waals surface area contributed by atoms with Crippen LogP contribution < -0.4 is 69.3 Å². The molecular weight excluding hydrogens is 262 g/mol. The second kappa shape index (κ2) is 11.7. The van der Waals surface area contributed by atoms with Gasteiger partial charge in [-0.05, 0) is 0 Å². The summed E-state index contributed by atoms with van der Waals surface area (Å²) in [6.45, 7) is 1.08. The van der Waals surface area contributed by atoms with E-state index in [1.54, 1.807) is 0 Å². The fourth-order valence-corrected chi connectivity index (χ4v) is 0.839. The van der Waals surface area contributed by atoms with E-state index in [1.165, 1.54) is 12.1 Å². The van der Waals surface area contributed by atoms with Crippen LogP contribution in [0.15, 0.2) is 24.3 Å². The zero-order valence-electron chi connectivity index (χ0n) is 10.3. The number of benzene rings is 1. The third-order valence-corrected chi connectivity index (χ3v) is 1.37. The summed E-state index contributed by atoms with van der Waals surface area (Å²) in [6.07, 6.45) is 0. The molecule has 0 aliphatic rings. The van der Waals surface area contributed by atoms with Crippen molar-refractivity contribution in [3.63, 3.8) is 0 Å². The summed E-state index contributed by atoms with van der Waals surface area (Å²) in [5.41, 5.74) is -0.727. The van der Waals surface area contributed by atoms with Gasteiger partial charge in [-0.3, -0.25) is 4.79 Å². The minimum atomic E-state index is -1.52. The number of hydrogen-bond donors (Lipinski definition) is 1. The molecule has 0 unspecified atom stereocenters. The van der Waals surface area contributed by atoms with Crippen molar-refractivity contribution in [1.29, 1.82) is 0 Å². The quantitative estimate of drug-likeness (QED) is 0.533. The second-order valence-electron chi connectivity index (χ2n) is 2.64. The molecule has 0 bridgehead atoms. The van der Waals surface area contributed by atoms with Crippen molar-refractivity contribution in [2.24, 2.45) is 0 Å². The van der Waals surface area contributed by atoms with Gasteiger partial charge in [0.25, 0.3) is 5.97 Å². The molecule has 0 aliphatic heterocycles. The van der Waals surface area contributed by atoms with Crippen LogP contribution in [-0.2, 0) is 4.79 Å². The van der Waals surface area contributed by atoms with Crippen molar-refractivity contribution >= 4 is 17.9 Å². The summed E-state index contributed by atoms with van der Waals surface area (Å²) < 4.78 is 0. The molecule has 18 heavy (non-hydrogen) atoms. The molecule has 1 rings (SSSR count). The average molecular weight is 270 g/mol. The van der Waals surface area contributed by atoms with Gasteiger partial charge < -0.3 is 24.9 Å². The summed E-state index contributed by atoms with van der Waals surface area (Å²) in [5.74, 6) is -3.87. The summed E-state index contributed by atoms with van der Waals surface area (Å²) >= 11 is 0. The van der Waals surface area contributed by atoms with E-state index in [0.717, 1.165) is 19.1 Å². The van der Waals surface area contributed by atoms with Gasteiger partial charge in [-0.1, -0.05) is 24.3 Å². The number of carboxylic acid groups (broad SMARTS) is 3. The van der Waals surface area contributed by atoms with E-state index >= 15 is 0 Å². The third kappa shape index (κ3) is 9.64. The van der Waals surface area contributed by atoms with Crippen molar-refractivity contribution in [2.75, 3.05) is 0 Å². The number of carboxylic acids is 3. The monoisotopic (exact) mass is 270 g/mol. The number of aromatic carboxylic acids is 2. The van der Waals surface area contributed by atoms with Crippen molar-refractivity contribution in [1.82, 2.24) is 0 Å². The Labute approximate surface area is 148 Å². The molecular formula is C10H8Na2O6. The minimum absolute atomic E-state index is 0. The molecule has 0 atom stereocenters. The molecule has 0 aromatic heterocycles. The van der Waals surface area contributed by atoms with E-state index in [9.17, 15) is 19.8 Å². The van der Waals surface area contributed by atoms with Gasteiger partial charge in [-0.25, -0.2) is 0 Å². The van der Waals surface area contributed by atoms with E-state index in [0.29, 0.717) is 0 Å². The van der Waals surface area contributed by atoms with Crippen molar-refractivity contribution < 1.29 is 88.8 Å². The molecule has 0 heterocycles. The first-order chi connectivity index (χ1) is 7.36. The Morgan fingerprint density at radius 2 is 1.17 bits per heavy atom. The Morgan fingerprint density at radius 3 is 1.33 bits per heavy atom. The smallest absolute Gasteiger partial charge is 0.545 e. The number of carbonyl (C=O) groups is 3. The number of aliphatic carboxylic acids is 1. The Hall–Kier alpha value is -0.370. The summed E-state index contributed by atoms with van der Waals surface area (Å²) in [5, 5.41) is 28.1. The van der Waals surface area contributed by atoms with Gasteiger partial charge in [0.05, 0.1) is 11.9 Å². The summed E-state index contributed by atoms with van der Waals surface area (Å²) in [4.78, 5) is 29.6. The first-order valence-corrected chi connectivity index (χ1v) is 4.07. The van der Waals surface area contributed by atoms with Crippen LogP contribution in [0.25, 0.3) is 0 Å². The number of hydrogen-bond acceptors (Lipinski definition) is 5. The molecule has 1 aromatic carbocycles. The zero-order chi connectivity index (χ0) is 12.7. The van der Waals surface area contributed by atoms with Crippen LogP contribution in [0.4, 0.5) is 0 Å². The second-order valence-corrected chi connectivity index (χ2v) is 2.64. The molecule has 0 aliphatic carbocycles. The van der Waals surface area contributed by atoms with Gasteiger partial charge in [-0.2, -0.15) is 0 Å². The van der Waals surface area contributed by atoms with Crippen LogP contribution in [0.3, 0.4) is 0 Å². The van der Waals surface area contributed by atoms with Crippen molar-refractivity contribution in [3.05, 3.63) is 35.4 Å². The van der Waals surface area contributed by atoms with Crippen LogP contribution >= 0.6 is 0 Å². The molecule has 0 saturated heterocycles. The van der Waals surface area contributed by atoms with Gasteiger partial charge >= 0.3 is 59.1 Å². The molecule has 0 fully saturated rings. The van der Waals surface area contributed by atoms with Crippen LogP contribution in [0.2, 0.25) is 0 Å². The maximum atomic E-state index is 10.3. The first-order valence-electron chi connectivity index (χ1n) is 4.07. The SMILES string of the molecule is CC(=O)O.O=C([O-])c1ccccc1C(=O)[O-].[Na+].[Na+]. The molecule has 0 spiro atoms. The topological polar surface area (TPSA) is 118 Å². The van der Waals surface area contributed by atoms with Crippen LogP contribution in [-0.4, -0.2) is 23.0 Å². The van der Waals surface area contributed by atoms with Gasteiger partial charge in [-0.15, -0.1) is 0 Å². The minimum Gasteiger partial charge on any atom is -0.545 e. The molecule has 0 amide bonds. The maximum absolute atomic E-state index is 10.3. The van der Waals surface area contributed by atoms with Crippen LogP contribution in [0.5, 0.6) is 0 Å². The normalized spacial score (nSPS) is 7.61. The summed E-state index contributed by atoms with van der Waals surface area (Å²) in [7, 11) is 0. The van der Waals surface area contributed by atoms with Crippen LogP contribution in [0.1, 0.15) is 27.6 Å². The van der Waals surface area contributed by atoms with Crippen molar-refractivity contribution in [2.45, 2.75) is 6.92 Å². The predicted molar refractivity (Wildman–Crippen MR) is 48.4 cm³/mol. The average Bonchev–Trinajstić information content (AvgIpc) is 2.16. The Balaban J connectivity index is -0.000000332. The zero-order valence-corrected chi connectivity index (χ0v) is 14.3. The van der Waals surface area contributed by atoms with E-state index in [2.05, 4.69) is 0 Å². The fourth-order valence-electron chi connectivity index (χ4n) is 0.839. The molecule has 6 nitrogen and oxygen atoms in total. The van der Waals surface area contributed by atoms with E-state index < -0.39 is 17.9 Å². The van der Waals surface area contributed by atoms with Gasteiger partial charge in [0.15, 0.2) is 0 Å². The van der Waals surface area contributed by atoms with Gasteiger partial charge in [0.1, 0.15) is 0 Å². The van der Waals surface area contributed by atoms with Gasteiger partial charge in [0, 0.05) is 18.1 Å². The Kier molecular flexibility index (Phi) is 14.8. The Morgan fingerprint density at radius 1 is 0.944 bits per heavy atom. The molecule has 1 aromatic rings. The molecule has 1 N–H and O–H groups in total. The van der Waals surface area contributed by atoms with E-state index in [1.807, 2.05) is 0 Å². The van der Waals surface area contributed by atoms with Crippen molar-refractivity contribution in [3.8, 4) is 0 Å². The van der Waals surface area contributed by atoms with Crippen LogP contribution in [0, 0.1) is 0 Å². The van der Waals surface area contributed by atoms with Gasteiger partial charge in [0.2, 0.25) is 0 Å². The molecule has 8 heteroatoms. The largest absolute Gasteiger partial charge is 1.00 e. The standard InChI is InChI=1S/C8H6O4.C2H4O2.2Na/c9-7(10)5-3-1-2-4-6(5)8(11)12;1-2(3)4;;/h1-4H,(H,9,10)(H,11,12);1H3,(H,3,4);;/q;;2*+1/p-2. The number of rotatable bonds is 2. The molecule has 0 saturated carbocycles. The predicted octanol–water partition coefficient (Wildman–Crippen LogP) is -7.49.